The van der Waals surface area contributed by atoms with Crippen LogP contribution < -0.4 is 37.2 Å². The predicted octanol–water partition coefficient (Wildman–Crippen LogP) is -6.23. The molecule has 0 aromatic heterocycles. The molecule has 0 heterocycles. The zero-order valence-electron chi connectivity index (χ0n) is 4.85. The smallest absolute Gasteiger partial charge is 1.00 e. The van der Waals surface area contributed by atoms with E-state index in [2.05, 4.69) is 0 Å². The van der Waals surface area contributed by atoms with E-state index in [-0.39, 0.29) is 90.2 Å². The van der Waals surface area contributed by atoms with Gasteiger partial charge in [0.2, 0.25) is 0 Å². The van der Waals surface area contributed by atoms with Crippen molar-refractivity contribution in [3.8, 4) is 0 Å². The van der Waals surface area contributed by atoms with Crippen LogP contribution >= 0.6 is 0 Å². The number of hydrogen-bond donors (Lipinski definition) is 0. The molecule has 0 amide bonds. The Kier molecular flexibility index (Phi) is 58000. The molecule has 0 aliphatic carbocycles. The van der Waals surface area contributed by atoms with Crippen molar-refractivity contribution in [3.63, 3.8) is 0 Å². The van der Waals surface area contributed by atoms with Gasteiger partial charge in [-0.3, -0.25) is 0 Å². The fraction of sp³-hybridized carbons (Fsp3) is 0. The number of rotatable bonds is 0. The van der Waals surface area contributed by atoms with Crippen molar-refractivity contribution in [2.45, 2.75) is 0 Å². The van der Waals surface area contributed by atoms with Crippen LogP contribution in [0.25, 0.3) is 30.8 Å². The molecule has 0 aromatic rings. The van der Waals surface area contributed by atoms with Crippen molar-refractivity contribution >= 4 is 0 Å². The first-order chi connectivity index (χ1) is 0. The molecule has 6 nitrogen and oxygen atoms in total. The Balaban J connectivity index is 0. The molecule has 0 radical (unpaired) electrons. The Morgan fingerprint density at radius 2 is 0.400 bits per heavy atom. The summed E-state index contributed by atoms with van der Waals surface area (Å²) in [7, 11) is 0. The minimum absolute atomic E-state index is 0. The number of hydrogen-bond acceptors (Lipinski definition) is 0. The Hall–Kier alpha value is 1.14. The van der Waals surface area contributed by atoms with Crippen LogP contribution in [0, 0.1) is 0 Å². The van der Waals surface area contributed by atoms with E-state index in [4.69, 9.17) is 0 Å². The largest absolute Gasteiger partial charge is 3.00 e. The summed E-state index contributed by atoms with van der Waals surface area (Å²) >= 11 is 0. The van der Waals surface area contributed by atoms with Crippen LogP contribution in [0.4, 0.5) is 0 Å². The quantitative estimate of drug-likeness (QED) is 0.400. The molecule has 0 saturated carbocycles. The summed E-state index contributed by atoms with van der Waals surface area (Å²) in [6.07, 6.45) is 0. The molecule has 0 spiro atoms. The monoisotopic (exact) mass is 262 g/mol. The molecule has 78 valence electrons. The summed E-state index contributed by atoms with van der Waals surface area (Å²) in [6.45, 7) is 0. The predicted molar refractivity (Wildman–Crippen MR) is 30.0 cm³/mol. The average Bonchev–Trinajstić information content (AvgIpc) is 0. The summed E-state index contributed by atoms with van der Waals surface area (Å²) in [4.78, 5) is 0. The molecular formula is H12Cl3CoN5O-5. The van der Waals surface area contributed by atoms with E-state index in [1.54, 1.807) is 0 Å². The third-order valence-electron chi connectivity index (χ3n) is 0. The molecule has 0 unspecified atom stereocenters. The van der Waals surface area contributed by atoms with E-state index in [1.807, 2.05) is 0 Å². The van der Waals surface area contributed by atoms with Gasteiger partial charge in [0.25, 0.3) is 0 Å². The van der Waals surface area contributed by atoms with Crippen molar-refractivity contribution in [1.29, 1.82) is 0 Å². The third-order valence-corrected chi connectivity index (χ3v) is 0. The topological polar surface area (TPSA) is 199 Å². The molecule has 12 N–H and O–H groups in total. The van der Waals surface area contributed by atoms with E-state index in [0.717, 1.165) is 0 Å². The first-order valence-corrected chi connectivity index (χ1v) is 0. The van der Waals surface area contributed by atoms with Crippen molar-refractivity contribution in [1.82, 2.24) is 0 Å². The van der Waals surface area contributed by atoms with Gasteiger partial charge in [-0.2, -0.15) is 0 Å². The first kappa shape index (κ1) is 886. The molecule has 10 heavy (non-hydrogen) atoms. The van der Waals surface area contributed by atoms with Gasteiger partial charge < -0.3 is 73.5 Å². The van der Waals surface area contributed by atoms with Gasteiger partial charge in [0.05, 0.1) is 0 Å². The van der Waals surface area contributed by atoms with E-state index in [1.165, 1.54) is 0 Å². The summed E-state index contributed by atoms with van der Waals surface area (Å²) in [5, 5.41) is 0. The van der Waals surface area contributed by atoms with E-state index in [9.17, 15) is 0 Å². The van der Waals surface area contributed by atoms with Gasteiger partial charge in [-0.15, -0.1) is 0 Å². The van der Waals surface area contributed by atoms with Crippen molar-refractivity contribution in [2.75, 3.05) is 0 Å². The molecule has 0 aromatic carbocycles. The molecule has 0 fully saturated rings. The van der Waals surface area contributed by atoms with E-state index in [0.29, 0.717) is 0 Å². The fourth-order valence-electron chi connectivity index (χ4n) is 0. The van der Waals surface area contributed by atoms with Gasteiger partial charge in [0.1, 0.15) is 0 Å². The van der Waals surface area contributed by atoms with Crippen molar-refractivity contribution in [3.05, 3.63) is 30.8 Å². The van der Waals surface area contributed by atoms with Gasteiger partial charge in [0, 0.05) is 0 Å². The van der Waals surface area contributed by atoms with Gasteiger partial charge in [-0.25, -0.2) is 0 Å². The van der Waals surface area contributed by atoms with Crippen LogP contribution in [0.2, 0.25) is 0 Å². The maximum absolute atomic E-state index is 0. The second-order valence-electron chi connectivity index (χ2n) is 0. The molecule has 0 aliphatic rings. The Bertz CT molecular complexity index is 16.9. The van der Waals surface area contributed by atoms with Gasteiger partial charge >= 0.3 is 16.8 Å². The molecular weight excluding hydrogens is 251 g/mol. The third kappa shape index (κ3) is 468. The summed E-state index contributed by atoms with van der Waals surface area (Å²) in [6, 6.07) is 0. The minimum Gasteiger partial charge on any atom is -1.00 e. The molecule has 0 aliphatic heterocycles. The Morgan fingerprint density at radius 1 is 0.400 bits per heavy atom. The minimum atomic E-state index is 0. The van der Waals surface area contributed by atoms with Crippen LogP contribution in [-0.2, 0) is 16.8 Å². The first-order valence-electron chi connectivity index (χ1n) is 0. The second-order valence-corrected chi connectivity index (χ2v) is 0. The average molecular weight is 263 g/mol. The van der Waals surface area contributed by atoms with Crippen molar-refractivity contribution in [2.24, 2.45) is 0 Å². The van der Waals surface area contributed by atoms with Crippen LogP contribution in [0.5, 0.6) is 0 Å². The van der Waals surface area contributed by atoms with Gasteiger partial charge in [0.15, 0.2) is 0 Å². The zero-order valence-corrected chi connectivity index (χ0v) is 8.16. The van der Waals surface area contributed by atoms with Crippen LogP contribution in [0.3, 0.4) is 0 Å². The zero-order chi connectivity index (χ0) is 0. The maximum Gasteiger partial charge on any atom is 3.00 e. The van der Waals surface area contributed by atoms with Gasteiger partial charge in [-0.1, -0.05) is 0 Å². The Labute approximate surface area is 90.3 Å². The van der Waals surface area contributed by atoms with E-state index < -0.39 is 0 Å². The summed E-state index contributed by atoms with van der Waals surface area (Å²) in [5.74, 6) is 0. The molecule has 0 saturated heterocycles. The SMILES string of the molecule is O.[Cl-].[Cl-].[Cl-].[Co+3].[NH2-].[NH2-].[NH2-].[NH2-].[NH2-]. The Morgan fingerprint density at radius 3 is 0.400 bits per heavy atom. The molecule has 10 heteroatoms. The number of nitrogens with two attached hydrogens (primary N) is 5. The number of halogens is 3. The van der Waals surface area contributed by atoms with Crippen LogP contribution in [0.15, 0.2) is 0 Å². The molecule has 0 bridgehead atoms. The molecule has 0 atom stereocenters. The van der Waals surface area contributed by atoms with Crippen molar-refractivity contribution < 1.29 is 59.5 Å². The normalized spacial score (nSPS) is 0. The summed E-state index contributed by atoms with van der Waals surface area (Å²) < 4.78 is 0. The maximum atomic E-state index is 0. The molecule has 0 rings (SSSR count). The second kappa shape index (κ2) is 655. The standard InChI is InChI=1S/3ClH.Co.5H2N.H2O/h3*1H;;6*1H2/q;;;+3;5*-1;/p-3. The van der Waals surface area contributed by atoms with Crippen LogP contribution in [0.1, 0.15) is 0 Å². The fourth-order valence-corrected chi connectivity index (χ4v) is 0. The summed E-state index contributed by atoms with van der Waals surface area (Å²) in [5.41, 5.74) is 0. The van der Waals surface area contributed by atoms with Gasteiger partial charge in [-0.05, 0) is 0 Å². The van der Waals surface area contributed by atoms with Crippen LogP contribution in [-0.4, -0.2) is 5.48 Å². The van der Waals surface area contributed by atoms with E-state index >= 15 is 0 Å².